The normalized spacial score (nSPS) is 10.2. The molecule has 2 aromatic rings. The van der Waals surface area contributed by atoms with Crippen molar-refractivity contribution in [1.29, 1.82) is 0 Å². The van der Waals surface area contributed by atoms with E-state index in [2.05, 4.69) is 20.9 Å². The molecule has 0 radical (unpaired) electrons. The molecule has 0 saturated heterocycles. The molecule has 0 unspecified atom stereocenters. The number of hydrogen-bond acceptors (Lipinski definition) is 3. The number of rotatable bonds is 3. The fourth-order valence-electron chi connectivity index (χ4n) is 1.34. The first-order valence-corrected chi connectivity index (χ1v) is 5.74. The summed E-state index contributed by atoms with van der Waals surface area (Å²) in [5, 5.41) is 0. The summed E-state index contributed by atoms with van der Waals surface area (Å²) in [6.45, 7) is 0.230. The van der Waals surface area contributed by atoms with Crippen molar-refractivity contribution < 1.29 is 9.13 Å². The van der Waals surface area contributed by atoms with Gasteiger partial charge >= 0.3 is 0 Å². The largest absolute Gasteiger partial charge is 0.485 e. The van der Waals surface area contributed by atoms with Crippen molar-refractivity contribution in [3.8, 4) is 5.75 Å². The second kappa shape index (κ2) is 5.14. The third-order valence-corrected chi connectivity index (χ3v) is 3.10. The van der Waals surface area contributed by atoms with Crippen LogP contribution in [0.3, 0.4) is 0 Å². The van der Waals surface area contributed by atoms with Gasteiger partial charge in [-0.15, -0.1) is 0 Å². The molecule has 5 heteroatoms. The maximum atomic E-state index is 13.2. The summed E-state index contributed by atoms with van der Waals surface area (Å²) in [5.74, 6) is 0.494. The van der Waals surface area contributed by atoms with Crippen LogP contribution in [0.5, 0.6) is 5.75 Å². The van der Waals surface area contributed by atoms with Crippen LogP contribution in [0.1, 0.15) is 5.56 Å². The Morgan fingerprint density at radius 3 is 2.88 bits per heavy atom. The summed E-state index contributed by atoms with van der Waals surface area (Å²) in [5.41, 5.74) is 6.35. The van der Waals surface area contributed by atoms with Gasteiger partial charge in [-0.25, -0.2) is 9.37 Å². The van der Waals surface area contributed by atoms with E-state index < -0.39 is 0 Å². The summed E-state index contributed by atoms with van der Waals surface area (Å²) in [4.78, 5) is 3.90. The number of anilines is 1. The molecule has 0 amide bonds. The van der Waals surface area contributed by atoms with Crippen molar-refractivity contribution in [1.82, 2.24) is 4.98 Å². The first kappa shape index (κ1) is 11.9. The van der Waals surface area contributed by atoms with Crippen molar-refractivity contribution in [3.63, 3.8) is 0 Å². The molecule has 0 aliphatic rings. The lowest BCUT2D eigenvalue weighted by molar-refractivity contribution is 0.305. The van der Waals surface area contributed by atoms with Gasteiger partial charge in [-0.2, -0.15) is 0 Å². The average Bonchev–Trinajstić information content (AvgIpc) is 2.33. The predicted octanol–water partition coefficient (Wildman–Crippen LogP) is 3.14. The highest BCUT2D eigenvalue weighted by molar-refractivity contribution is 9.10. The molecule has 0 fully saturated rings. The minimum Gasteiger partial charge on any atom is -0.485 e. The number of ether oxygens (including phenoxy) is 1. The second-order valence-electron chi connectivity index (χ2n) is 3.39. The molecular formula is C12H10BrFN2O. The quantitative estimate of drug-likeness (QED) is 0.946. The van der Waals surface area contributed by atoms with Crippen molar-refractivity contribution in [2.45, 2.75) is 6.61 Å². The van der Waals surface area contributed by atoms with Crippen LogP contribution in [0.2, 0.25) is 0 Å². The molecule has 1 aromatic carbocycles. The fourth-order valence-corrected chi connectivity index (χ4v) is 1.72. The lowest BCUT2D eigenvalue weighted by atomic mass is 10.2. The Labute approximate surface area is 107 Å². The van der Waals surface area contributed by atoms with Crippen LogP contribution in [0.25, 0.3) is 0 Å². The van der Waals surface area contributed by atoms with E-state index in [-0.39, 0.29) is 12.4 Å². The fraction of sp³-hybridized carbons (Fsp3) is 0.0833. The summed E-state index contributed by atoms with van der Waals surface area (Å²) < 4.78 is 19.1. The van der Waals surface area contributed by atoms with Gasteiger partial charge in [-0.3, -0.25) is 0 Å². The summed E-state index contributed by atoms with van der Waals surface area (Å²) in [6, 6.07) is 8.24. The molecule has 88 valence electrons. The molecule has 0 aliphatic heterocycles. The van der Waals surface area contributed by atoms with Crippen molar-refractivity contribution in [2.75, 3.05) is 5.73 Å². The first-order chi connectivity index (χ1) is 8.18. The minimum absolute atomic E-state index is 0.230. The molecule has 1 heterocycles. The van der Waals surface area contributed by atoms with E-state index in [1.807, 2.05) is 0 Å². The smallest absolute Gasteiger partial charge is 0.166 e. The van der Waals surface area contributed by atoms with Crippen LogP contribution in [-0.4, -0.2) is 4.98 Å². The van der Waals surface area contributed by atoms with Crippen LogP contribution in [0, 0.1) is 5.82 Å². The van der Waals surface area contributed by atoms with Gasteiger partial charge in [0.2, 0.25) is 0 Å². The number of nitrogens with zero attached hydrogens (tertiary/aromatic N) is 1. The third-order valence-electron chi connectivity index (χ3n) is 2.21. The molecule has 17 heavy (non-hydrogen) atoms. The Kier molecular flexibility index (Phi) is 3.58. The van der Waals surface area contributed by atoms with Gasteiger partial charge in [0.05, 0.1) is 4.47 Å². The summed E-state index contributed by atoms with van der Waals surface area (Å²) >= 11 is 3.17. The Bertz CT molecular complexity index is 534. The molecule has 0 saturated carbocycles. The SMILES string of the molecule is Nc1ncccc1OCc1cccc(F)c1Br. The zero-order valence-electron chi connectivity index (χ0n) is 8.86. The topological polar surface area (TPSA) is 48.1 Å². The molecule has 2 N–H and O–H groups in total. The first-order valence-electron chi connectivity index (χ1n) is 4.94. The highest BCUT2D eigenvalue weighted by Crippen LogP contribution is 2.23. The number of aromatic nitrogens is 1. The Hall–Kier alpha value is -1.62. The Morgan fingerprint density at radius 2 is 2.12 bits per heavy atom. The van der Waals surface area contributed by atoms with Crippen molar-refractivity contribution >= 4 is 21.7 Å². The van der Waals surface area contributed by atoms with Gasteiger partial charge < -0.3 is 10.5 Å². The number of pyridine rings is 1. The van der Waals surface area contributed by atoms with Crippen LogP contribution < -0.4 is 10.5 Å². The van der Waals surface area contributed by atoms with E-state index in [1.54, 1.807) is 30.5 Å². The summed E-state index contributed by atoms with van der Waals surface area (Å²) in [7, 11) is 0. The number of benzene rings is 1. The number of halogens is 2. The van der Waals surface area contributed by atoms with E-state index >= 15 is 0 Å². The molecule has 3 nitrogen and oxygen atoms in total. The van der Waals surface area contributed by atoms with Crippen LogP contribution >= 0.6 is 15.9 Å². The van der Waals surface area contributed by atoms with Gasteiger partial charge in [0.1, 0.15) is 12.4 Å². The lowest BCUT2D eigenvalue weighted by Crippen LogP contribution is -2.01. The zero-order chi connectivity index (χ0) is 12.3. The van der Waals surface area contributed by atoms with E-state index in [0.29, 0.717) is 21.6 Å². The average molecular weight is 297 g/mol. The standard InChI is InChI=1S/C12H10BrFN2O/c13-11-8(3-1-4-9(11)14)7-17-10-5-2-6-16-12(10)15/h1-6H,7H2,(H2,15,16). The molecule has 0 aliphatic carbocycles. The van der Waals surface area contributed by atoms with E-state index in [1.165, 1.54) is 6.07 Å². The molecule has 1 aromatic heterocycles. The maximum absolute atomic E-state index is 13.2. The van der Waals surface area contributed by atoms with Crippen molar-refractivity contribution in [3.05, 3.63) is 52.4 Å². The molecule has 2 rings (SSSR count). The minimum atomic E-state index is -0.315. The van der Waals surface area contributed by atoms with Gasteiger partial charge in [0, 0.05) is 11.8 Å². The molecule has 0 atom stereocenters. The Balaban J connectivity index is 2.13. The third kappa shape index (κ3) is 2.74. The highest BCUT2D eigenvalue weighted by Gasteiger charge is 2.07. The zero-order valence-corrected chi connectivity index (χ0v) is 10.4. The highest BCUT2D eigenvalue weighted by atomic mass is 79.9. The van der Waals surface area contributed by atoms with E-state index in [0.717, 1.165) is 0 Å². The predicted molar refractivity (Wildman–Crippen MR) is 67.1 cm³/mol. The summed E-state index contributed by atoms with van der Waals surface area (Å²) in [6.07, 6.45) is 1.58. The number of nitrogen functional groups attached to an aromatic ring is 1. The van der Waals surface area contributed by atoms with Crippen LogP contribution in [0.15, 0.2) is 41.0 Å². The van der Waals surface area contributed by atoms with E-state index in [4.69, 9.17) is 10.5 Å². The monoisotopic (exact) mass is 296 g/mol. The van der Waals surface area contributed by atoms with Gasteiger partial charge in [0.15, 0.2) is 11.6 Å². The van der Waals surface area contributed by atoms with Crippen LogP contribution in [-0.2, 0) is 6.61 Å². The van der Waals surface area contributed by atoms with Gasteiger partial charge in [0.25, 0.3) is 0 Å². The van der Waals surface area contributed by atoms with E-state index in [9.17, 15) is 4.39 Å². The van der Waals surface area contributed by atoms with Gasteiger partial charge in [-0.05, 0) is 34.1 Å². The maximum Gasteiger partial charge on any atom is 0.166 e. The number of nitrogens with two attached hydrogens (primary N) is 1. The second-order valence-corrected chi connectivity index (χ2v) is 4.18. The van der Waals surface area contributed by atoms with Gasteiger partial charge in [-0.1, -0.05) is 12.1 Å². The molecule has 0 bridgehead atoms. The number of hydrogen-bond donors (Lipinski definition) is 1. The molecular weight excluding hydrogens is 287 g/mol. The molecule has 0 spiro atoms. The Morgan fingerprint density at radius 1 is 1.29 bits per heavy atom. The lowest BCUT2D eigenvalue weighted by Gasteiger charge is -2.09. The van der Waals surface area contributed by atoms with Crippen LogP contribution in [0.4, 0.5) is 10.2 Å². The van der Waals surface area contributed by atoms with Crippen molar-refractivity contribution in [2.24, 2.45) is 0 Å².